The fourth-order valence-corrected chi connectivity index (χ4v) is 5.82. The highest BCUT2D eigenvalue weighted by Gasteiger charge is 2.40. The van der Waals surface area contributed by atoms with Crippen LogP contribution < -0.4 is 0 Å². The molecule has 5 heteroatoms. The standard InChI is InChI=1S/C18H39BrO3Si/c1-4-7-10-15-20-23(18-13-14-19,21-16-11-8-5-2)22-17-12-9-6-3/h4-18H2,1-3H3. The molecule has 0 N–H and O–H groups in total. The first-order valence-corrected chi connectivity index (χ1v) is 12.8. The van der Waals surface area contributed by atoms with Crippen molar-refractivity contribution in [2.24, 2.45) is 0 Å². The zero-order valence-electron chi connectivity index (χ0n) is 15.7. The summed E-state index contributed by atoms with van der Waals surface area (Å²) in [5.74, 6) is 0. The van der Waals surface area contributed by atoms with Crippen molar-refractivity contribution in [3.63, 3.8) is 0 Å². The fourth-order valence-electron chi connectivity index (χ4n) is 2.36. The Morgan fingerprint density at radius 3 is 1.30 bits per heavy atom. The average Bonchev–Trinajstić information content (AvgIpc) is 2.57. The molecule has 140 valence electrons. The first-order valence-electron chi connectivity index (χ1n) is 9.72. The fraction of sp³-hybridized carbons (Fsp3) is 1.00. The molecule has 0 bridgehead atoms. The monoisotopic (exact) mass is 410 g/mol. The Hall–Kier alpha value is 0.577. The minimum Gasteiger partial charge on any atom is -0.373 e. The molecule has 0 aromatic carbocycles. The van der Waals surface area contributed by atoms with E-state index in [1.807, 2.05) is 0 Å². The van der Waals surface area contributed by atoms with Gasteiger partial charge in [0.05, 0.1) is 0 Å². The molecule has 0 aliphatic carbocycles. The zero-order chi connectivity index (χ0) is 17.2. The van der Waals surface area contributed by atoms with Crippen molar-refractivity contribution < 1.29 is 13.3 Å². The minimum atomic E-state index is -2.50. The van der Waals surface area contributed by atoms with E-state index in [0.29, 0.717) is 0 Å². The molecule has 0 unspecified atom stereocenters. The van der Waals surface area contributed by atoms with Crippen LogP contribution in [0, 0.1) is 0 Å². The summed E-state index contributed by atoms with van der Waals surface area (Å²) >= 11 is 3.54. The molecule has 0 fully saturated rings. The molecule has 0 saturated carbocycles. The van der Waals surface area contributed by atoms with E-state index in [-0.39, 0.29) is 0 Å². The molecule has 0 radical (unpaired) electrons. The topological polar surface area (TPSA) is 27.7 Å². The van der Waals surface area contributed by atoms with Crippen LogP contribution in [0.3, 0.4) is 0 Å². The Morgan fingerprint density at radius 1 is 0.609 bits per heavy atom. The van der Waals surface area contributed by atoms with Crippen LogP contribution >= 0.6 is 15.9 Å². The molecule has 0 aliphatic rings. The van der Waals surface area contributed by atoms with Crippen LogP contribution in [-0.2, 0) is 13.3 Å². The summed E-state index contributed by atoms with van der Waals surface area (Å²) < 4.78 is 18.8. The minimum absolute atomic E-state index is 0.782. The van der Waals surface area contributed by atoms with Gasteiger partial charge in [0, 0.05) is 31.2 Å². The Kier molecular flexibility index (Phi) is 17.8. The Labute approximate surface area is 154 Å². The van der Waals surface area contributed by atoms with Crippen LogP contribution in [0.25, 0.3) is 0 Å². The van der Waals surface area contributed by atoms with Gasteiger partial charge in [0.2, 0.25) is 0 Å². The Bertz CT molecular complexity index is 211. The molecule has 0 amide bonds. The lowest BCUT2D eigenvalue weighted by molar-refractivity contribution is 0.0554. The third-order valence-corrected chi connectivity index (χ3v) is 7.28. The van der Waals surface area contributed by atoms with Gasteiger partial charge >= 0.3 is 8.80 Å². The molecule has 0 aliphatic heterocycles. The molecule has 0 aromatic heterocycles. The highest BCUT2D eigenvalue weighted by Crippen LogP contribution is 2.21. The summed E-state index contributed by atoms with van der Waals surface area (Å²) in [7, 11) is -2.50. The van der Waals surface area contributed by atoms with Crippen LogP contribution in [0.2, 0.25) is 6.04 Å². The molecule has 0 saturated heterocycles. The molecular weight excluding hydrogens is 372 g/mol. The van der Waals surface area contributed by atoms with Gasteiger partial charge in [-0.25, -0.2) is 0 Å². The second-order valence-electron chi connectivity index (χ2n) is 6.14. The zero-order valence-corrected chi connectivity index (χ0v) is 18.3. The van der Waals surface area contributed by atoms with Crippen LogP contribution in [0.5, 0.6) is 0 Å². The van der Waals surface area contributed by atoms with Crippen molar-refractivity contribution in [3.05, 3.63) is 0 Å². The lowest BCUT2D eigenvalue weighted by Crippen LogP contribution is -2.46. The van der Waals surface area contributed by atoms with E-state index in [0.717, 1.165) is 56.9 Å². The van der Waals surface area contributed by atoms with E-state index < -0.39 is 8.80 Å². The summed E-state index contributed by atoms with van der Waals surface area (Å²) in [6.07, 6.45) is 11.7. The summed E-state index contributed by atoms with van der Waals surface area (Å²) in [6, 6.07) is 0.933. The smallest absolute Gasteiger partial charge is 0.373 e. The quantitative estimate of drug-likeness (QED) is 0.150. The van der Waals surface area contributed by atoms with E-state index in [4.69, 9.17) is 13.3 Å². The molecule has 0 heterocycles. The van der Waals surface area contributed by atoms with Crippen molar-refractivity contribution in [3.8, 4) is 0 Å². The maximum absolute atomic E-state index is 6.27. The predicted molar refractivity (Wildman–Crippen MR) is 105 cm³/mol. The number of hydrogen-bond donors (Lipinski definition) is 0. The van der Waals surface area contributed by atoms with Gasteiger partial charge in [-0.15, -0.1) is 0 Å². The number of hydrogen-bond acceptors (Lipinski definition) is 3. The molecule has 0 aromatic rings. The largest absolute Gasteiger partial charge is 0.500 e. The van der Waals surface area contributed by atoms with E-state index in [2.05, 4.69) is 36.7 Å². The van der Waals surface area contributed by atoms with Gasteiger partial charge in [-0.1, -0.05) is 75.2 Å². The number of unbranched alkanes of at least 4 members (excludes halogenated alkanes) is 6. The van der Waals surface area contributed by atoms with Gasteiger partial charge in [-0.2, -0.15) is 0 Å². The van der Waals surface area contributed by atoms with E-state index in [1.54, 1.807) is 0 Å². The first kappa shape index (κ1) is 23.6. The maximum Gasteiger partial charge on any atom is 0.500 e. The van der Waals surface area contributed by atoms with Crippen molar-refractivity contribution in [1.82, 2.24) is 0 Å². The van der Waals surface area contributed by atoms with Crippen molar-refractivity contribution >= 4 is 24.7 Å². The van der Waals surface area contributed by atoms with Crippen molar-refractivity contribution in [1.29, 1.82) is 0 Å². The van der Waals surface area contributed by atoms with Gasteiger partial charge in [-0.05, 0) is 25.7 Å². The predicted octanol–water partition coefficient (Wildman–Crippen LogP) is 6.33. The highest BCUT2D eigenvalue weighted by molar-refractivity contribution is 9.09. The average molecular weight is 411 g/mol. The van der Waals surface area contributed by atoms with Crippen LogP contribution in [0.1, 0.15) is 85.0 Å². The Morgan fingerprint density at radius 2 is 1.00 bits per heavy atom. The number of alkyl halides is 1. The van der Waals surface area contributed by atoms with Crippen molar-refractivity contribution in [2.45, 2.75) is 91.0 Å². The summed E-state index contributed by atoms with van der Waals surface area (Å²) in [6.45, 7) is 9.01. The van der Waals surface area contributed by atoms with Crippen molar-refractivity contribution in [2.75, 3.05) is 25.2 Å². The lowest BCUT2D eigenvalue weighted by Gasteiger charge is -2.30. The van der Waals surface area contributed by atoms with E-state index >= 15 is 0 Å². The Balaban J connectivity index is 4.51. The molecular formula is C18H39BrO3Si. The summed E-state index contributed by atoms with van der Waals surface area (Å²) in [4.78, 5) is 0. The van der Waals surface area contributed by atoms with Crippen LogP contribution in [-0.4, -0.2) is 34.0 Å². The second kappa shape index (κ2) is 17.4. The molecule has 0 rings (SSSR count). The summed E-state index contributed by atoms with van der Waals surface area (Å²) in [5.41, 5.74) is 0. The van der Waals surface area contributed by atoms with Gasteiger partial charge < -0.3 is 13.3 Å². The normalized spacial score (nSPS) is 12.0. The van der Waals surface area contributed by atoms with Gasteiger partial charge in [0.25, 0.3) is 0 Å². The van der Waals surface area contributed by atoms with Crippen LogP contribution in [0.15, 0.2) is 0 Å². The van der Waals surface area contributed by atoms with Gasteiger partial charge in [0.15, 0.2) is 0 Å². The third-order valence-electron chi connectivity index (χ3n) is 3.83. The SMILES string of the molecule is CCCCCO[Si](CCCBr)(OCCCCC)OCCCCC. The molecule has 23 heavy (non-hydrogen) atoms. The third kappa shape index (κ3) is 13.5. The second-order valence-corrected chi connectivity index (χ2v) is 9.67. The lowest BCUT2D eigenvalue weighted by atomic mass is 10.3. The number of halogens is 1. The molecule has 3 nitrogen and oxygen atoms in total. The highest BCUT2D eigenvalue weighted by atomic mass is 79.9. The van der Waals surface area contributed by atoms with Gasteiger partial charge in [0.1, 0.15) is 0 Å². The maximum atomic E-state index is 6.27. The molecule has 0 spiro atoms. The first-order chi connectivity index (χ1) is 11.2. The summed E-state index contributed by atoms with van der Waals surface area (Å²) in [5, 5.41) is 0.983. The van der Waals surface area contributed by atoms with Gasteiger partial charge in [-0.3, -0.25) is 0 Å². The van der Waals surface area contributed by atoms with E-state index in [1.165, 1.54) is 38.5 Å². The number of rotatable bonds is 18. The van der Waals surface area contributed by atoms with E-state index in [9.17, 15) is 0 Å². The molecule has 0 atom stereocenters. The van der Waals surface area contributed by atoms with Crippen LogP contribution in [0.4, 0.5) is 0 Å².